The van der Waals surface area contributed by atoms with E-state index in [-0.39, 0.29) is 0 Å². The first kappa shape index (κ1) is 16.3. The van der Waals surface area contributed by atoms with E-state index in [2.05, 4.69) is 48.0 Å². The normalized spacial score (nSPS) is 10.0. The van der Waals surface area contributed by atoms with Gasteiger partial charge < -0.3 is 5.32 Å². The summed E-state index contributed by atoms with van der Waals surface area (Å²) < 4.78 is 1.58. The fourth-order valence-corrected chi connectivity index (χ4v) is 3.48. The minimum Gasteiger partial charge on any atom is -0.307 e. The summed E-state index contributed by atoms with van der Waals surface area (Å²) in [6.45, 7) is 0. The van der Waals surface area contributed by atoms with Gasteiger partial charge in [-0.1, -0.05) is 17.7 Å². The Morgan fingerprint density at radius 3 is 2.52 bits per heavy atom. The van der Waals surface area contributed by atoms with Crippen molar-refractivity contribution in [1.29, 1.82) is 0 Å². The van der Waals surface area contributed by atoms with Crippen LogP contribution in [0.4, 0.5) is 10.5 Å². The lowest BCUT2D eigenvalue weighted by Crippen LogP contribution is -2.43. The molecule has 21 heavy (non-hydrogen) atoms. The zero-order valence-electron chi connectivity index (χ0n) is 10.2. The minimum atomic E-state index is -0.569. The van der Waals surface area contributed by atoms with Crippen molar-refractivity contribution >= 4 is 72.4 Å². The maximum absolute atomic E-state index is 11.8. The Hall–Kier alpha value is -1.09. The van der Waals surface area contributed by atoms with Crippen LogP contribution in [0.5, 0.6) is 0 Å². The number of amides is 3. The van der Waals surface area contributed by atoms with Crippen molar-refractivity contribution in [3.63, 3.8) is 0 Å². The molecule has 5 nitrogen and oxygen atoms in total. The Bertz CT molecular complexity index is 673. The molecule has 1 heterocycles. The predicted octanol–water partition coefficient (Wildman–Crippen LogP) is 4.39. The summed E-state index contributed by atoms with van der Waals surface area (Å²) in [5.74, 6) is -0.410. The van der Waals surface area contributed by atoms with Crippen LogP contribution in [0.1, 0.15) is 9.67 Å². The third-order valence-electron chi connectivity index (χ3n) is 2.24. The highest BCUT2D eigenvalue weighted by molar-refractivity contribution is 9.13. The van der Waals surface area contributed by atoms with Gasteiger partial charge in [-0.3, -0.25) is 10.2 Å². The lowest BCUT2D eigenvalue weighted by molar-refractivity contribution is 0.0942. The van der Waals surface area contributed by atoms with Gasteiger partial charge in [-0.2, -0.15) is 0 Å². The molecule has 0 fully saturated rings. The largest absolute Gasteiger partial charge is 0.337 e. The number of carbonyl (C=O) groups is 2. The molecule has 3 amide bonds. The average Bonchev–Trinajstić information content (AvgIpc) is 2.76. The topological polar surface area (TPSA) is 70.2 Å². The van der Waals surface area contributed by atoms with Crippen LogP contribution in [0.2, 0.25) is 5.02 Å². The molecule has 1 aromatic heterocycles. The van der Waals surface area contributed by atoms with Crippen molar-refractivity contribution in [2.75, 3.05) is 5.32 Å². The highest BCUT2D eigenvalue weighted by Gasteiger charge is 2.12. The van der Waals surface area contributed by atoms with Crippen molar-refractivity contribution in [3.05, 3.63) is 48.5 Å². The van der Waals surface area contributed by atoms with Crippen molar-refractivity contribution in [2.24, 2.45) is 0 Å². The molecule has 0 unspecified atom stereocenters. The Morgan fingerprint density at radius 2 is 1.90 bits per heavy atom. The molecule has 0 saturated heterocycles. The number of hydrazine groups is 1. The number of rotatable bonds is 2. The van der Waals surface area contributed by atoms with Crippen LogP contribution >= 0.6 is 54.8 Å². The van der Waals surface area contributed by atoms with E-state index in [0.717, 1.165) is 8.26 Å². The van der Waals surface area contributed by atoms with E-state index in [1.165, 1.54) is 11.3 Å². The molecule has 0 aliphatic heterocycles. The Kier molecular flexibility index (Phi) is 5.63. The van der Waals surface area contributed by atoms with E-state index in [4.69, 9.17) is 11.6 Å². The van der Waals surface area contributed by atoms with Gasteiger partial charge in [-0.05, 0) is 56.1 Å². The summed E-state index contributed by atoms with van der Waals surface area (Å²) in [6, 6.07) is 7.76. The number of halogens is 3. The molecule has 0 aliphatic carbocycles. The molecule has 9 heteroatoms. The Morgan fingerprint density at radius 1 is 1.14 bits per heavy atom. The number of thiophene rings is 1. The van der Waals surface area contributed by atoms with Gasteiger partial charge in [0.05, 0.1) is 8.66 Å². The van der Waals surface area contributed by atoms with E-state index in [1.54, 1.807) is 30.3 Å². The average molecular weight is 454 g/mol. The van der Waals surface area contributed by atoms with Crippen molar-refractivity contribution in [3.8, 4) is 0 Å². The van der Waals surface area contributed by atoms with Gasteiger partial charge in [-0.15, -0.1) is 11.3 Å². The summed E-state index contributed by atoms with van der Waals surface area (Å²) in [4.78, 5) is 23.9. The van der Waals surface area contributed by atoms with Crippen LogP contribution in [0, 0.1) is 0 Å². The molecule has 0 spiro atoms. The molecule has 0 radical (unpaired) electrons. The zero-order chi connectivity index (χ0) is 15.4. The highest BCUT2D eigenvalue weighted by Crippen LogP contribution is 2.32. The van der Waals surface area contributed by atoms with Gasteiger partial charge in [0.1, 0.15) is 0 Å². The smallest absolute Gasteiger partial charge is 0.307 e. The molecule has 0 aliphatic rings. The Labute approximate surface area is 146 Å². The quantitative estimate of drug-likeness (QED) is 0.590. The van der Waals surface area contributed by atoms with Gasteiger partial charge in [-0.25, -0.2) is 10.2 Å². The second-order valence-corrected chi connectivity index (χ2v) is 7.44. The molecule has 1 aromatic carbocycles. The fraction of sp³-hybridized carbons (Fsp3) is 0. The lowest BCUT2D eigenvalue weighted by atomic mass is 10.3. The lowest BCUT2D eigenvalue weighted by Gasteiger charge is -2.08. The van der Waals surface area contributed by atoms with E-state index in [1.807, 2.05) is 0 Å². The van der Waals surface area contributed by atoms with E-state index < -0.39 is 11.9 Å². The number of carbonyl (C=O) groups excluding carboxylic acids is 2. The van der Waals surface area contributed by atoms with Gasteiger partial charge in [0.15, 0.2) is 0 Å². The van der Waals surface area contributed by atoms with Crippen LogP contribution in [-0.4, -0.2) is 11.9 Å². The summed E-state index contributed by atoms with van der Waals surface area (Å²) in [6.07, 6.45) is 0. The third-order valence-corrected chi connectivity index (χ3v) is 5.73. The second kappa shape index (κ2) is 7.26. The maximum atomic E-state index is 11.8. The summed E-state index contributed by atoms with van der Waals surface area (Å²) in [7, 11) is 0. The van der Waals surface area contributed by atoms with Crippen LogP contribution in [0.25, 0.3) is 0 Å². The molecule has 0 saturated carbocycles. The standard InChI is InChI=1S/C12H8Br2ClN3O2S/c13-8-5-9(21-10(8)14)11(19)17-18-12(20)16-7-3-1-2-6(15)4-7/h1-5H,(H,17,19)(H2,16,18,20). The van der Waals surface area contributed by atoms with Crippen LogP contribution in [0.15, 0.2) is 38.6 Å². The predicted molar refractivity (Wildman–Crippen MR) is 90.8 cm³/mol. The molecule has 3 N–H and O–H groups in total. The summed E-state index contributed by atoms with van der Waals surface area (Å²) >= 11 is 13.6. The van der Waals surface area contributed by atoms with Crippen molar-refractivity contribution < 1.29 is 9.59 Å². The molecular weight excluding hydrogens is 445 g/mol. The van der Waals surface area contributed by atoms with Crippen LogP contribution in [0.3, 0.4) is 0 Å². The second-order valence-electron chi connectivity index (χ2n) is 3.78. The van der Waals surface area contributed by atoms with Gasteiger partial charge in [0, 0.05) is 15.2 Å². The first-order valence-electron chi connectivity index (χ1n) is 5.53. The number of nitrogens with one attached hydrogen (secondary N) is 3. The van der Waals surface area contributed by atoms with Crippen molar-refractivity contribution in [2.45, 2.75) is 0 Å². The highest BCUT2D eigenvalue weighted by atomic mass is 79.9. The van der Waals surface area contributed by atoms with E-state index in [0.29, 0.717) is 15.6 Å². The molecule has 110 valence electrons. The number of anilines is 1. The number of urea groups is 1. The molecule has 0 atom stereocenters. The van der Waals surface area contributed by atoms with E-state index >= 15 is 0 Å². The third kappa shape index (κ3) is 4.70. The molecule has 0 bridgehead atoms. The van der Waals surface area contributed by atoms with Crippen molar-refractivity contribution in [1.82, 2.24) is 10.9 Å². The summed E-state index contributed by atoms with van der Waals surface area (Å²) in [5, 5.41) is 3.05. The van der Waals surface area contributed by atoms with Gasteiger partial charge in [0.25, 0.3) is 5.91 Å². The Balaban J connectivity index is 1.88. The first-order valence-corrected chi connectivity index (χ1v) is 8.31. The van der Waals surface area contributed by atoms with Crippen LogP contribution < -0.4 is 16.2 Å². The molecule has 2 aromatic rings. The summed E-state index contributed by atoms with van der Waals surface area (Å²) in [5.41, 5.74) is 5.09. The zero-order valence-corrected chi connectivity index (χ0v) is 15.0. The SMILES string of the molecule is O=C(NNC(=O)c1cc(Br)c(Br)s1)Nc1cccc(Cl)c1. The number of hydrogen-bond acceptors (Lipinski definition) is 3. The molecule has 2 rings (SSSR count). The van der Waals surface area contributed by atoms with E-state index in [9.17, 15) is 9.59 Å². The number of hydrogen-bond donors (Lipinski definition) is 3. The van der Waals surface area contributed by atoms with Crippen LogP contribution in [-0.2, 0) is 0 Å². The van der Waals surface area contributed by atoms with Gasteiger partial charge in [0.2, 0.25) is 0 Å². The first-order chi connectivity index (χ1) is 9.95. The fourth-order valence-electron chi connectivity index (χ4n) is 1.36. The maximum Gasteiger partial charge on any atom is 0.337 e. The number of benzene rings is 1. The molecular formula is C12H8Br2ClN3O2S. The monoisotopic (exact) mass is 451 g/mol. The van der Waals surface area contributed by atoms with Gasteiger partial charge >= 0.3 is 6.03 Å². The minimum absolute atomic E-state index is 0.410.